The molecule has 5 heteroatoms. The summed E-state index contributed by atoms with van der Waals surface area (Å²) in [6, 6.07) is 4.35. The second-order valence-corrected chi connectivity index (χ2v) is 5.59. The molecule has 0 aromatic carbocycles. The Bertz CT molecular complexity index is 476. The van der Waals surface area contributed by atoms with Gasteiger partial charge in [-0.25, -0.2) is 4.98 Å². The Morgan fingerprint density at radius 1 is 1.47 bits per heavy atom. The van der Waals surface area contributed by atoms with Crippen LogP contribution in [0.5, 0.6) is 0 Å². The first-order valence-corrected chi connectivity index (χ1v) is 6.93. The lowest BCUT2D eigenvalue weighted by Gasteiger charge is -2.41. The van der Waals surface area contributed by atoms with Crippen molar-refractivity contribution in [1.82, 2.24) is 15.2 Å². The maximum Gasteiger partial charge on any atom is 0.220 e. The number of nitrogens with zero attached hydrogens (tertiary/aromatic N) is 2. The van der Waals surface area contributed by atoms with Gasteiger partial charge in [-0.05, 0) is 36.5 Å². The van der Waals surface area contributed by atoms with Gasteiger partial charge >= 0.3 is 0 Å². The maximum atomic E-state index is 11.4. The van der Waals surface area contributed by atoms with Crippen LogP contribution < -0.4 is 11.1 Å². The number of amides is 1. The van der Waals surface area contributed by atoms with Gasteiger partial charge in [-0.15, -0.1) is 0 Å². The lowest BCUT2D eigenvalue weighted by Crippen LogP contribution is -2.53. The van der Waals surface area contributed by atoms with Gasteiger partial charge in [0.15, 0.2) is 0 Å². The molecule has 2 aliphatic rings. The fourth-order valence-electron chi connectivity index (χ4n) is 3.18. The SMILES string of the molecule is Nc1cc(CN2CCC3NC(=O)CCC3C2)ccn1. The van der Waals surface area contributed by atoms with E-state index >= 15 is 0 Å². The molecule has 1 amide bonds. The Kier molecular flexibility index (Phi) is 3.38. The molecular formula is C14H20N4O. The summed E-state index contributed by atoms with van der Waals surface area (Å²) in [7, 11) is 0. The topological polar surface area (TPSA) is 71.2 Å². The molecule has 0 spiro atoms. The fourth-order valence-corrected chi connectivity index (χ4v) is 3.18. The van der Waals surface area contributed by atoms with Crippen LogP contribution in [0.25, 0.3) is 0 Å². The summed E-state index contributed by atoms with van der Waals surface area (Å²) in [5.41, 5.74) is 6.92. The predicted octanol–water partition coefficient (Wildman–Crippen LogP) is 0.764. The second-order valence-electron chi connectivity index (χ2n) is 5.59. The van der Waals surface area contributed by atoms with Gasteiger partial charge in [0.05, 0.1) is 0 Å². The van der Waals surface area contributed by atoms with Crippen LogP contribution in [0.2, 0.25) is 0 Å². The van der Waals surface area contributed by atoms with Crippen LogP contribution in [0.1, 0.15) is 24.8 Å². The number of nitrogens with two attached hydrogens (primary N) is 1. The average Bonchev–Trinajstić information content (AvgIpc) is 2.39. The Morgan fingerprint density at radius 3 is 3.21 bits per heavy atom. The van der Waals surface area contributed by atoms with E-state index in [1.54, 1.807) is 6.20 Å². The van der Waals surface area contributed by atoms with Crippen LogP contribution in [-0.4, -0.2) is 34.9 Å². The predicted molar refractivity (Wildman–Crippen MR) is 73.2 cm³/mol. The van der Waals surface area contributed by atoms with E-state index in [9.17, 15) is 4.79 Å². The smallest absolute Gasteiger partial charge is 0.220 e. The molecule has 2 saturated heterocycles. The number of likely N-dealkylation sites (tertiary alicyclic amines) is 1. The number of aromatic nitrogens is 1. The highest BCUT2D eigenvalue weighted by molar-refractivity contribution is 5.77. The monoisotopic (exact) mass is 260 g/mol. The van der Waals surface area contributed by atoms with E-state index in [0.717, 1.165) is 32.5 Å². The number of piperidine rings is 2. The molecule has 3 heterocycles. The van der Waals surface area contributed by atoms with E-state index in [1.165, 1.54) is 5.56 Å². The van der Waals surface area contributed by atoms with Crippen molar-refractivity contribution >= 4 is 11.7 Å². The Morgan fingerprint density at radius 2 is 2.37 bits per heavy atom. The number of nitrogens with one attached hydrogen (secondary N) is 1. The summed E-state index contributed by atoms with van der Waals surface area (Å²) in [6.07, 6.45) is 4.51. The minimum absolute atomic E-state index is 0.219. The molecule has 19 heavy (non-hydrogen) atoms. The van der Waals surface area contributed by atoms with Gasteiger partial charge in [-0.2, -0.15) is 0 Å². The number of nitrogen functional groups attached to an aromatic ring is 1. The van der Waals surface area contributed by atoms with Gasteiger partial charge in [0, 0.05) is 38.3 Å². The van der Waals surface area contributed by atoms with Crippen LogP contribution in [0.4, 0.5) is 5.82 Å². The summed E-state index contributed by atoms with van der Waals surface area (Å²) in [5, 5.41) is 3.12. The zero-order valence-electron chi connectivity index (χ0n) is 11.0. The van der Waals surface area contributed by atoms with Crippen LogP contribution >= 0.6 is 0 Å². The first-order valence-electron chi connectivity index (χ1n) is 6.93. The number of hydrogen-bond acceptors (Lipinski definition) is 4. The van der Waals surface area contributed by atoms with Crippen molar-refractivity contribution in [2.24, 2.45) is 5.92 Å². The van der Waals surface area contributed by atoms with E-state index in [4.69, 9.17) is 5.73 Å². The Labute approximate surface area is 113 Å². The van der Waals surface area contributed by atoms with Crippen molar-refractivity contribution in [3.05, 3.63) is 23.9 Å². The van der Waals surface area contributed by atoms with Crippen molar-refractivity contribution in [3.63, 3.8) is 0 Å². The third-order valence-electron chi connectivity index (χ3n) is 4.16. The largest absolute Gasteiger partial charge is 0.384 e. The molecule has 3 rings (SSSR count). The summed E-state index contributed by atoms with van der Waals surface area (Å²) < 4.78 is 0. The quantitative estimate of drug-likeness (QED) is 0.823. The minimum Gasteiger partial charge on any atom is -0.384 e. The van der Waals surface area contributed by atoms with E-state index in [-0.39, 0.29) is 5.91 Å². The van der Waals surface area contributed by atoms with Crippen LogP contribution in [0, 0.1) is 5.92 Å². The average molecular weight is 260 g/mol. The van der Waals surface area contributed by atoms with Crippen molar-refractivity contribution in [1.29, 1.82) is 0 Å². The van der Waals surface area contributed by atoms with Gasteiger partial charge in [0.2, 0.25) is 5.91 Å². The lowest BCUT2D eigenvalue weighted by molar-refractivity contribution is -0.125. The maximum absolute atomic E-state index is 11.4. The van der Waals surface area contributed by atoms with Crippen molar-refractivity contribution in [2.45, 2.75) is 31.8 Å². The summed E-state index contributed by atoms with van der Waals surface area (Å²) in [4.78, 5) is 17.9. The number of carbonyl (C=O) groups excluding carboxylic acids is 1. The molecule has 2 unspecified atom stereocenters. The van der Waals surface area contributed by atoms with Gasteiger partial charge in [-0.3, -0.25) is 9.69 Å². The summed E-state index contributed by atoms with van der Waals surface area (Å²) >= 11 is 0. The van der Waals surface area contributed by atoms with E-state index in [1.807, 2.05) is 12.1 Å². The zero-order chi connectivity index (χ0) is 13.2. The molecule has 1 aromatic heterocycles. The summed E-state index contributed by atoms with van der Waals surface area (Å²) in [6.45, 7) is 3.01. The van der Waals surface area contributed by atoms with E-state index in [2.05, 4.69) is 15.2 Å². The molecule has 2 atom stereocenters. The number of hydrogen-bond donors (Lipinski definition) is 2. The number of pyridine rings is 1. The van der Waals surface area contributed by atoms with Crippen molar-refractivity contribution in [2.75, 3.05) is 18.8 Å². The molecular weight excluding hydrogens is 240 g/mol. The van der Waals surface area contributed by atoms with Crippen molar-refractivity contribution < 1.29 is 4.79 Å². The minimum atomic E-state index is 0.219. The normalized spacial score (nSPS) is 27.7. The first kappa shape index (κ1) is 12.4. The van der Waals surface area contributed by atoms with E-state index in [0.29, 0.717) is 24.2 Å². The molecule has 0 aliphatic carbocycles. The number of anilines is 1. The molecule has 102 valence electrons. The molecule has 0 saturated carbocycles. The highest BCUT2D eigenvalue weighted by Crippen LogP contribution is 2.26. The molecule has 3 N–H and O–H groups in total. The number of fused-ring (bicyclic) bond motifs is 1. The molecule has 1 aromatic rings. The third-order valence-corrected chi connectivity index (χ3v) is 4.16. The zero-order valence-corrected chi connectivity index (χ0v) is 11.0. The second kappa shape index (κ2) is 5.17. The van der Waals surface area contributed by atoms with E-state index < -0.39 is 0 Å². The number of rotatable bonds is 2. The highest BCUT2D eigenvalue weighted by Gasteiger charge is 2.33. The molecule has 0 radical (unpaired) electrons. The molecule has 2 aliphatic heterocycles. The van der Waals surface area contributed by atoms with Crippen LogP contribution in [0.3, 0.4) is 0 Å². The standard InChI is InChI=1S/C14H20N4O/c15-13-7-10(3-5-16-13)8-18-6-4-12-11(9-18)1-2-14(19)17-12/h3,5,7,11-12H,1-2,4,6,8-9H2,(H2,15,16)(H,17,19). The Balaban J connectivity index is 1.61. The van der Waals surface area contributed by atoms with Crippen LogP contribution in [-0.2, 0) is 11.3 Å². The van der Waals surface area contributed by atoms with Gasteiger partial charge in [0.25, 0.3) is 0 Å². The molecule has 2 fully saturated rings. The first-order chi connectivity index (χ1) is 9.20. The highest BCUT2D eigenvalue weighted by atomic mass is 16.1. The van der Waals surface area contributed by atoms with Crippen LogP contribution in [0.15, 0.2) is 18.3 Å². The van der Waals surface area contributed by atoms with Gasteiger partial charge in [-0.1, -0.05) is 0 Å². The van der Waals surface area contributed by atoms with Gasteiger partial charge in [0.1, 0.15) is 5.82 Å². The molecule has 0 bridgehead atoms. The lowest BCUT2D eigenvalue weighted by atomic mass is 9.85. The molecule has 5 nitrogen and oxygen atoms in total. The fraction of sp³-hybridized carbons (Fsp3) is 0.571. The third kappa shape index (κ3) is 2.87. The van der Waals surface area contributed by atoms with Crippen molar-refractivity contribution in [3.8, 4) is 0 Å². The van der Waals surface area contributed by atoms with Gasteiger partial charge < -0.3 is 11.1 Å². The number of carbonyl (C=O) groups is 1. The Hall–Kier alpha value is -1.62. The summed E-state index contributed by atoms with van der Waals surface area (Å²) in [5.74, 6) is 1.40.